The Labute approximate surface area is 193 Å². The summed E-state index contributed by atoms with van der Waals surface area (Å²) in [5, 5.41) is 3.65. The van der Waals surface area contributed by atoms with Crippen LogP contribution in [0.5, 0.6) is 11.5 Å². The summed E-state index contributed by atoms with van der Waals surface area (Å²) in [5.41, 5.74) is 1.17. The lowest BCUT2D eigenvalue weighted by Crippen LogP contribution is -2.61. The van der Waals surface area contributed by atoms with Gasteiger partial charge in [0.2, 0.25) is 11.7 Å². The van der Waals surface area contributed by atoms with Gasteiger partial charge in [-0.15, -0.1) is 0 Å². The van der Waals surface area contributed by atoms with E-state index < -0.39 is 11.4 Å². The number of methoxy groups -OCH3 is 2. The molecule has 2 aromatic carbocycles. The lowest BCUT2D eigenvalue weighted by molar-refractivity contribution is -0.133. The second-order valence-electron chi connectivity index (χ2n) is 8.27. The van der Waals surface area contributed by atoms with Gasteiger partial charge < -0.3 is 28.8 Å². The van der Waals surface area contributed by atoms with Crippen molar-refractivity contribution >= 4 is 22.8 Å². The first-order chi connectivity index (χ1) is 15.9. The van der Waals surface area contributed by atoms with Crippen LogP contribution in [-0.2, 0) is 16.1 Å². The molecule has 1 aromatic heterocycles. The summed E-state index contributed by atoms with van der Waals surface area (Å²) in [6.07, 6.45) is 0. The molecule has 8 nitrogen and oxygen atoms in total. The fourth-order valence-electron chi connectivity index (χ4n) is 4.03. The third kappa shape index (κ3) is 4.14. The van der Waals surface area contributed by atoms with Crippen molar-refractivity contribution in [3.05, 3.63) is 59.4 Å². The van der Waals surface area contributed by atoms with Gasteiger partial charge in [0.25, 0.3) is 5.91 Å². The van der Waals surface area contributed by atoms with E-state index in [1.165, 1.54) is 4.90 Å². The van der Waals surface area contributed by atoms with Crippen LogP contribution in [0.3, 0.4) is 0 Å². The van der Waals surface area contributed by atoms with Crippen LogP contribution in [0, 0.1) is 6.92 Å². The van der Waals surface area contributed by atoms with E-state index in [1.54, 1.807) is 27.2 Å². The maximum atomic E-state index is 13.5. The minimum Gasteiger partial charge on any atom is -0.496 e. The molecular weight excluding hydrogens is 424 g/mol. The number of carbonyl (C=O) groups excluding carboxylic acids is 2. The van der Waals surface area contributed by atoms with Crippen molar-refractivity contribution in [1.29, 1.82) is 0 Å². The minimum absolute atomic E-state index is 0. The Kier molecular flexibility index (Phi) is 6.29. The zero-order valence-electron chi connectivity index (χ0n) is 19.3. The number of furan rings is 1. The molecule has 0 fully saturated rings. The van der Waals surface area contributed by atoms with E-state index in [1.807, 2.05) is 43.3 Å². The van der Waals surface area contributed by atoms with E-state index in [4.69, 9.17) is 18.6 Å². The van der Waals surface area contributed by atoms with Gasteiger partial charge in [-0.3, -0.25) is 9.59 Å². The number of benzene rings is 2. The normalized spacial score (nSPS) is 17.9. The molecule has 1 unspecified atom stereocenters. The maximum Gasteiger partial charge on any atom is 0.294 e. The Morgan fingerprint density at radius 1 is 1.24 bits per heavy atom. The van der Waals surface area contributed by atoms with Gasteiger partial charge in [0.05, 0.1) is 19.1 Å². The molecule has 33 heavy (non-hydrogen) atoms. The predicted molar refractivity (Wildman–Crippen MR) is 125 cm³/mol. The average molecular weight is 455 g/mol. The number of amides is 2. The monoisotopic (exact) mass is 454 g/mol. The summed E-state index contributed by atoms with van der Waals surface area (Å²) >= 11 is 0. The maximum absolute atomic E-state index is 13.5. The van der Waals surface area contributed by atoms with Gasteiger partial charge in [0.1, 0.15) is 17.9 Å². The number of nitrogens with one attached hydrogen (secondary N) is 1. The summed E-state index contributed by atoms with van der Waals surface area (Å²) in [4.78, 5) is 28.5. The molecule has 3 aromatic rings. The van der Waals surface area contributed by atoms with Crippen molar-refractivity contribution in [3.8, 4) is 11.5 Å². The van der Waals surface area contributed by atoms with E-state index in [-0.39, 0.29) is 39.4 Å². The average Bonchev–Trinajstić information content (AvgIpc) is 3.15. The summed E-state index contributed by atoms with van der Waals surface area (Å²) in [7, 11) is 3.14. The van der Waals surface area contributed by atoms with Crippen LogP contribution in [0.15, 0.2) is 46.9 Å². The summed E-state index contributed by atoms with van der Waals surface area (Å²) < 4.78 is 22.5. The molecule has 1 aliphatic heterocycles. The quantitative estimate of drug-likeness (QED) is 0.587. The topological polar surface area (TPSA) is 90.2 Å². The molecule has 2 heterocycles. The van der Waals surface area contributed by atoms with Crippen LogP contribution in [0.4, 0.5) is 0 Å². The van der Waals surface area contributed by atoms with Crippen LogP contribution in [0.25, 0.3) is 11.0 Å². The van der Waals surface area contributed by atoms with Crippen LogP contribution < -0.4 is 14.8 Å². The predicted octanol–water partition coefficient (Wildman–Crippen LogP) is 3.55. The van der Waals surface area contributed by atoms with Crippen LogP contribution in [0.1, 0.15) is 30.0 Å². The van der Waals surface area contributed by atoms with Crippen molar-refractivity contribution in [3.63, 3.8) is 0 Å². The Bertz CT molecular complexity index is 1190. The Morgan fingerprint density at radius 3 is 2.79 bits per heavy atom. The first-order valence-electron chi connectivity index (χ1n) is 10.8. The van der Waals surface area contributed by atoms with E-state index >= 15 is 0 Å². The van der Waals surface area contributed by atoms with Crippen molar-refractivity contribution in [2.75, 3.05) is 34.0 Å². The molecule has 0 saturated carbocycles. The molecule has 1 aliphatic rings. The van der Waals surface area contributed by atoms with Gasteiger partial charge in [-0.1, -0.05) is 24.3 Å². The summed E-state index contributed by atoms with van der Waals surface area (Å²) in [6.45, 7) is 4.34. The highest BCUT2D eigenvalue weighted by molar-refractivity contribution is 6.04. The highest BCUT2D eigenvalue weighted by Crippen LogP contribution is 2.38. The first kappa shape index (κ1) is 22.7. The smallest absolute Gasteiger partial charge is 0.294 e. The zero-order valence-corrected chi connectivity index (χ0v) is 19.3. The SMILES string of the molecule is COCCN1C(=O)c2oc3ccccc3c2OCC1(C)C(=O)NCc1ccc(C)cc1OC.[HH]. The van der Waals surface area contributed by atoms with Crippen LogP contribution in [-0.4, -0.2) is 56.2 Å². The fraction of sp³-hybridized carbons (Fsp3) is 0.360. The van der Waals surface area contributed by atoms with Gasteiger partial charge in [-0.05, 0) is 37.6 Å². The number of para-hydroxylation sites is 1. The third-order valence-electron chi connectivity index (χ3n) is 5.97. The number of hydrogen-bond donors (Lipinski definition) is 1. The number of hydrogen-bond acceptors (Lipinski definition) is 6. The second-order valence-corrected chi connectivity index (χ2v) is 8.27. The Morgan fingerprint density at radius 2 is 2.03 bits per heavy atom. The molecule has 0 saturated heterocycles. The fourth-order valence-corrected chi connectivity index (χ4v) is 4.03. The Hall–Kier alpha value is -3.52. The molecule has 0 spiro atoms. The van der Waals surface area contributed by atoms with E-state index in [2.05, 4.69) is 5.32 Å². The van der Waals surface area contributed by atoms with Crippen molar-refractivity contribution in [2.24, 2.45) is 0 Å². The van der Waals surface area contributed by atoms with Gasteiger partial charge in [0.15, 0.2) is 11.3 Å². The number of rotatable bonds is 7. The van der Waals surface area contributed by atoms with Crippen LogP contribution >= 0.6 is 0 Å². The first-order valence-corrected chi connectivity index (χ1v) is 10.8. The van der Waals surface area contributed by atoms with E-state index in [0.717, 1.165) is 11.1 Å². The Balaban J connectivity index is 0.00000324. The lowest BCUT2D eigenvalue weighted by Gasteiger charge is -2.37. The molecule has 0 bridgehead atoms. The number of carbonyl (C=O) groups is 2. The van der Waals surface area contributed by atoms with Gasteiger partial charge >= 0.3 is 0 Å². The second kappa shape index (κ2) is 9.15. The van der Waals surface area contributed by atoms with Crippen molar-refractivity contribution in [1.82, 2.24) is 10.2 Å². The largest absolute Gasteiger partial charge is 0.496 e. The van der Waals surface area contributed by atoms with Gasteiger partial charge in [0, 0.05) is 27.2 Å². The number of fused-ring (bicyclic) bond motifs is 3. The van der Waals surface area contributed by atoms with Gasteiger partial charge in [-0.25, -0.2) is 0 Å². The zero-order chi connectivity index (χ0) is 23.6. The molecule has 0 aliphatic carbocycles. The third-order valence-corrected chi connectivity index (χ3v) is 5.97. The summed E-state index contributed by atoms with van der Waals surface area (Å²) in [5.74, 6) is 0.375. The molecule has 4 rings (SSSR count). The number of nitrogens with zero attached hydrogens (tertiary/aromatic N) is 1. The standard InChI is InChI=1S/C25H28N2O6.H2/c1-16-9-10-17(20(13-16)31-4)14-26-24(29)25(2)15-32-21-18-7-5-6-8-19(18)33-22(21)23(28)27(25)11-12-30-3;/h5-10,13H,11-12,14-15H2,1-4H3,(H,26,29);1H. The molecule has 0 radical (unpaired) electrons. The highest BCUT2D eigenvalue weighted by Gasteiger charge is 2.47. The van der Waals surface area contributed by atoms with Gasteiger partial charge in [-0.2, -0.15) is 0 Å². The molecule has 1 N–H and O–H groups in total. The van der Waals surface area contributed by atoms with Crippen LogP contribution in [0.2, 0.25) is 0 Å². The molecule has 8 heteroatoms. The summed E-state index contributed by atoms with van der Waals surface area (Å²) in [6, 6.07) is 13.1. The van der Waals surface area contributed by atoms with Crippen molar-refractivity contribution in [2.45, 2.75) is 25.9 Å². The number of aryl methyl sites for hydroxylation is 1. The highest BCUT2D eigenvalue weighted by atomic mass is 16.5. The van der Waals surface area contributed by atoms with E-state index in [9.17, 15) is 9.59 Å². The lowest BCUT2D eigenvalue weighted by atomic mass is 9.99. The molecule has 2 amide bonds. The van der Waals surface area contributed by atoms with E-state index in [0.29, 0.717) is 22.5 Å². The molecular formula is C25H30N2O6. The number of ether oxygens (including phenoxy) is 3. The minimum atomic E-state index is -1.28. The molecule has 1 atom stereocenters. The molecule has 176 valence electrons. The van der Waals surface area contributed by atoms with Crippen molar-refractivity contribution < 1.29 is 29.6 Å².